The summed E-state index contributed by atoms with van der Waals surface area (Å²) in [6.45, 7) is 6.71. The van der Waals surface area contributed by atoms with Crippen molar-refractivity contribution in [2.45, 2.75) is 20.5 Å². The fourth-order valence-electron chi connectivity index (χ4n) is 3.33. The number of carbonyl (C=O) groups is 1. The Labute approximate surface area is 170 Å². The molecule has 0 atom stereocenters. The van der Waals surface area contributed by atoms with Crippen LogP contribution in [0.2, 0.25) is 0 Å². The lowest BCUT2D eigenvalue weighted by atomic mass is 10.1. The Bertz CT molecular complexity index is 995. The van der Waals surface area contributed by atoms with Crippen LogP contribution in [0.3, 0.4) is 0 Å². The van der Waals surface area contributed by atoms with Gasteiger partial charge >= 0.3 is 6.03 Å². The minimum atomic E-state index is -0.0517. The van der Waals surface area contributed by atoms with Gasteiger partial charge in [-0.25, -0.2) is 4.79 Å². The lowest BCUT2D eigenvalue weighted by Crippen LogP contribution is -2.27. The molecule has 2 heterocycles. The molecule has 1 aliphatic rings. The average molecular weight is 391 g/mol. The highest BCUT2D eigenvalue weighted by Crippen LogP contribution is 2.30. The molecule has 1 saturated heterocycles. The Kier molecular flexibility index (Phi) is 5.53. The number of rotatable bonds is 7. The minimum absolute atomic E-state index is 0.0517. The summed E-state index contributed by atoms with van der Waals surface area (Å²) in [5, 5.41) is 6.17. The van der Waals surface area contributed by atoms with E-state index >= 15 is 0 Å². The van der Waals surface area contributed by atoms with Crippen LogP contribution in [0.25, 0.3) is 11.3 Å². The lowest BCUT2D eigenvalue weighted by molar-refractivity contribution is 0.134. The molecule has 1 aromatic heterocycles. The summed E-state index contributed by atoms with van der Waals surface area (Å²) in [4.78, 5) is 13.5. The Hall–Kier alpha value is -3.25. The van der Waals surface area contributed by atoms with Gasteiger partial charge in [0.1, 0.15) is 5.76 Å². The number of anilines is 3. The first-order valence-corrected chi connectivity index (χ1v) is 9.84. The summed E-state index contributed by atoms with van der Waals surface area (Å²) in [6.07, 6.45) is 0. The average Bonchev–Trinajstić information content (AvgIpc) is 3.38. The van der Waals surface area contributed by atoms with Crippen LogP contribution in [0.5, 0.6) is 0 Å². The third-order valence-corrected chi connectivity index (χ3v) is 4.96. The minimum Gasteiger partial charge on any atom is -0.440 e. The number of carbonyl (C=O) groups excluding carboxylic acids is 1. The van der Waals surface area contributed by atoms with Gasteiger partial charge in [0.2, 0.25) is 0 Å². The number of hydrogen-bond acceptors (Lipinski definition) is 4. The second-order valence-corrected chi connectivity index (χ2v) is 7.01. The molecule has 2 N–H and O–H groups in total. The smallest absolute Gasteiger partial charge is 0.321 e. The quantitative estimate of drug-likeness (QED) is 0.590. The highest BCUT2D eigenvalue weighted by molar-refractivity contribution is 5.94. The van der Waals surface area contributed by atoms with E-state index in [2.05, 4.69) is 35.8 Å². The summed E-state index contributed by atoms with van der Waals surface area (Å²) < 4.78 is 11.5. The van der Waals surface area contributed by atoms with Crippen LogP contribution < -0.4 is 15.5 Å². The predicted molar refractivity (Wildman–Crippen MR) is 115 cm³/mol. The third kappa shape index (κ3) is 4.27. The van der Waals surface area contributed by atoms with Crippen LogP contribution in [0.15, 0.2) is 59.0 Å². The zero-order valence-corrected chi connectivity index (χ0v) is 16.7. The summed E-state index contributed by atoms with van der Waals surface area (Å²) in [5.41, 5.74) is 5.10. The fourth-order valence-corrected chi connectivity index (χ4v) is 3.33. The Morgan fingerprint density at radius 3 is 2.69 bits per heavy atom. The van der Waals surface area contributed by atoms with E-state index in [-0.39, 0.29) is 6.03 Å². The Balaban J connectivity index is 1.48. The van der Waals surface area contributed by atoms with Crippen molar-refractivity contribution in [2.75, 3.05) is 29.9 Å². The van der Waals surface area contributed by atoms with Gasteiger partial charge in [0.05, 0.1) is 6.61 Å². The van der Waals surface area contributed by atoms with Crippen molar-refractivity contribution in [2.24, 2.45) is 0 Å². The van der Waals surface area contributed by atoms with Gasteiger partial charge in [-0.05, 0) is 61.4 Å². The maximum atomic E-state index is 11.8. The zero-order valence-electron chi connectivity index (χ0n) is 16.7. The second-order valence-electron chi connectivity index (χ2n) is 7.01. The third-order valence-electron chi connectivity index (χ3n) is 4.96. The monoisotopic (exact) mass is 391 g/mol. The van der Waals surface area contributed by atoms with Gasteiger partial charge in [0.25, 0.3) is 0 Å². The molecule has 0 bridgehead atoms. The zero-order chi connectivity index (χ0) is 20.2. The number of aryl methyl sites for hydroxylation is 1. The van der Waals surface area contributed by atoms with Crippen LogP contribution in [0, 0.1) is 6.92 Å². The molecule has 2 amide bonds. The molecular weight excluding hydrogens is 366 g/mol. The molecule has 6 heteroatoms. The predicted octanol–water partition coefficient (Wildman–Crippen LogP) is 5.06. The SMILES string of the molecule is CCOCc1ccc(C)c(Nc2ccc(-c3ccc(N4CCNC4=O)cc3)o2)c1. The van der Waals surface area contributed by atoms with Gasteiger partial charge in [-0.2, -0.15) is 0 Å². The van der Waals surface area contributed by atoms with Crippen molar-refractivity contribution < 1.29 is 13.9 Å². The van der Waals surface area contributed by atoms with Crippen LogP contribution >= 0.6 is 0 Å². The Morgan fingerprint density at radius 1 is 1.14 bits per heavy atom. The van der Waals surface area contributed by atoms with E-state index < -0.39 is 0 Å². The molecule has 0 aliphatic carbocycles. The highest BCUT2D eigenvalue weighted by atomic mass is 16.5. The number of ether oxygens (including phenoxy) is 1. The van der Waals surface area contributed by atoms with Crippen molar-refractivity contribution in [3.8, 4) is 11.3 Å². The first-order valence-electron chi connectivity index (χ1n) is 9.84. The molecule has 29 heavy (non-hydrogen) atoms. The van der Waals surface area contributed by atoms with Gasteiger partial charge in [0, 0.05) is 42.7 Å². The van der Waals surface area contributed by atoms with Gasteiger partial charge < -0.3 is 19.8 Å². The summed E-state index contributed by atoms with van der Waals surface area (Å²) >= 11 is 0. The molecule has 4 rings (SSSR count). The van der Waals surface area contributed by atoms with E-state index in [1.54, 1.807) is 4.90 Å². The van der Waals surface area contributed by atoms with E-state index in [1.165, 1.54) is 0 Å². The highest BCUT2D eigenvalue weighted by Gasteiger charge is 2.21. The van der Waals surface area contributed by atoms with Crippen molar-refractivity contribution in [1.82, 2.24) is 5.32 Å². The van der Waals surface area contributed by atoms with Crippen molar-refractivity contribution >= 4 is 23.3 Å². The maximum Gasteiger partial charge on any atom is 0.321 e. The molecule has 1 aliphatic heterocycles. The van der Waals surface area contributed by atoms with Crippen LogP contribution in [-0.2, 0) is 11.3 Å². The normalized spacial score (nSPS) is 13.6. The topological polar surface area (TPSA) is 66.7 Å². The number of furan rings is 1. The molecule has 0 spiro atoms. The van der Waals surface area contributed by atoms with E-state index in [0.29, 0.717) is 32.2 Å². The summed E-state index contributed by atoms with van der Waals surface area (Å²) in [6, 6.07) is 17.9. The Morgan fingerprint density at radius 2 is 1.97 bits per heavy atom. The largest absolute Gasteiger partial charge is 0.440 e. The van der Waals surface area contributed by atoms with E-state index in [0.717, 1.165) is 33.8 Å². The molecule has 0 unspecified atom stereocenters. The van der Waals surface area contributed by atoms with Crippen LogP contribution in [-0.4, -0.2) is 25.7 Å². The summed E-state index contributed by atoms with van der Waals surface area (Å²) in [5.74, 6) is 1.45. The van der Waals surface area contributed by atoms with Gasteiger partial charge in [0.15, 0.2) is 5.88 Å². The van der Waals surface area contributed by atoms with Crippen molar-refractivity contribution in [1.29, 1.82) is 0 Å². The lowest BCUT2D eigenvalue weighted by Gasteiger charge is -2.14. The number of nitrogens with one attached hydrogen (secondary N) is 2. The molecule has 0 radical (unpaired) electrons. The molecule has 2 aromatic carbocycles. The number of nitrogens with zero attached hydrogens (tertiary/aromatic N) is 1. The molecular formula is C23H25N3O3. The first kappa shape index (κ1) is 19.1. The van der Waals surface area contributed by atoms with Crippen molar-refractivity contribution in [3.05, 3.63) is 65.7 Å². The first-order chi connectivity index (χ1) is 14.1. The van der Waals surface area contributed by atoms with Gasteiger partial charge in [-0.3, -0.25) is 4.90 Å². The molecule has 6 nitrogen and oxygen atoms in total. The van der Waals surface area contributed by atoms with E-state index in [9.17, 15) is 4.79 Å². The summed E-state index contributed by atoms with van der Waals surface area (Å²) in [7, 11) is 0. The fraction of sp³-hybridized carbons (Fsp3) is 0.261. The number of benzene rings is 2. The van der Waals surface area contributed by atoms with Crippen LogP contribution in [0.4, 0.5) is 22.1 Å². The van der Waals surface area contributed by atoms with E-state index in [4.69, 9.17) is 9.15 Å². The molecule has 0 saturated carbocycles. The van der Waals surface area contributed by atoms with Gasteiger partial charge in [-0.1, -0.05) is 12.1 Å². The molecule has 150 valence electrons. The van der Waals surface area contributed by atoms with Crippen LogP contribution in [0.1, 0.15) is 18.1 Å². The maximum absolute atomic E-state index is 11.8. The number of urea groups is 1. The van der Waals surface area contributed by atoms with Gasteiger partial charge in [-0.15, -0.1) is 0 Å². The van der Waals surface area contributed by atoms with Crippen molar-refractivity contribution in [3.63, 3.8) is 0 Å². The number of hydrogen-bond donors (Lipinski definition) is 2. The van der Waals surface area contributed by atoms with E-state index in [1.807, 2.05) is 43.3 Å². The number of amides is 2. The standard InChI is InChI=1S/C23H25N3O3/c1-3-28-15-17-5-4-16(2)20(14-17)25-22-11-10-21(29-22)18-6-8-19(9-7-18)26-13-12-24-23(26)27/h4-11,14,25H,3,12-13,15H2,1-2H3,(H,24,27). The molecule has 3 aromatic rings. The second kappa shape index (κ2) is 8.41. The molecule has 1 fully saturated rings.